The molecule has 4 aliphatic rings. The van der Waals surface area contributed by atoms with Gasteiger partial charge >= 0.3 is 0 Å². The average Bonchev–Trinajstić information content (AvgIpc) is 3.99. The molecule has 4 saturated heterocycles. The number of hydrogen-bond acceptors (Lipinski definition) is 14. The first kappa shape index (κ1) is 58.1. The number of carbonyl (C=O) groups excluding carboxylic acids is 4. The number of amides is 4. The highest BCUT2D eigenvalue weighted by Gasteiger charge is 2.56. The van der Waals surface area contributed by atoms with Gasteiger partial charge in [0.1, 0.15) is 28.8 Å². The summed E-state index contributed by atoms with van der Waals surface area (Å²) >= 11 is 14.6. The van der Waals surface area contributed by atoms with Crippen LogP contribution in [0.5, 0.6) is 0 Å². The van der Waals surface area contributed by atoms with Gasteiger partial charge in [0, 0.05) is 19.4 Å². The number of rotatable bonds is 23. The summed E-state index contributed by atoms with van der Waals surface area (Å²) in [4.78, 5) is 66.6. The fourth-order valence-electron chi connectivity index (χ4n) is 10.4. The molecule has 0 saturated carbocycles. The Morgan fingerprint density at radius 2 is 1.40 bits per heavy atom. The molecule has 2 aromatic carbocycles. The molecule has 17 nitrogen and oxygen atoms in total. The number of thioether (sulfide) groups is 2. The van der Waals surface area contributed by atoms with Crippen molar-refractivity contribution in [3.05, 3.63) is 96.3 Å². The Kier molecular flexibility index (Phi) is 20.6. The number of thiocarbonyl (C=S) groups is 2. The summed E-state index contributed by atoms with van der Waals surface area (Å²) in [6, 6.07) is 16.2. The predicted octanol–water partition coefficient (Wildman–Crippen LogP) is 5.78. The largest absolute Gasteiger partial charge is 0.379 e. The lowest BCUT2D eigenvalue weighted by Crippen LogP contribution is -2.58. The Balaban J connectivity index is 0.923. The molecule has 1 aromatic heterocycles. The maximum Gasteiger partial charge on any atom is 0.246 e. The molecule has 21 heteroatoms. The quantitative estimate of drug-likeness (QED) is 0.0332. The first-order valence-electron chi connectivity index (χ1n) is 25.9. The lowest BCUT2D eigenvalue weighted by molar-refractivity contribution is -0.142. The zero-order valence-electron chi connectivity index (χ0n) is 44.2. The van der Waals surface area contributed by atoms with E-state index in [-0.39, 0.29) is 66.3 Å². The van der Waals surface area contributed by atoms with Crippen molar-refractivity contribution in [1.29, 1.82) is 0 Å². The van der Waals surface area contributed by atoms with Gasteiger partial charge in [-0.1, -0.05) is 124 Å². The van der Waals surface area contributed by atoms with Crippen molar-refractivity contribution in [2.45, 2.75) is 133 Å². The number of carbonyl (C=O) groups is 4. The van der Waals surface area contributed by atoms with Crippen LogP contribution in [0.3, 0.4) is 0 Å². The zero-order valence-corrected chi connectivity index (χ0v) is 47.5. The van der Waals surface area contributed by atoms with Gasteiger partial charge in [-0.15, -0.1) is 35.2 Å². The first-order chi connectivity index (χ1) is 36.0. The van der Waals surface area contributed by atoms with E-state index in [1.54, 1.807) is 57.3 Å². The van der Waals surface area contributed by atoms with Crippen LogP contribution in [-0.4, -0.2) is 151 Å². The molecule has 10 atom stereocenters. The second-order valence-corrected chi connectivity index (χ2v) is 24.5. The molecule has 5 heterocycles. The fraction of sp³-hybridized carbons (Fsp3) is 0.574. The van der Waals surface area contributed by atoms with Crippen LogP contribution in [0, 0.1) is 16.7 Å². The summed E-state index contributed by atoms with van der Waals surface area (Å²) in [5.41, 5.74) is 1.45. The molecule has 3 aromatic rings. The van der Waals surface area contributed by atoms with Crippen molar-refractivity contribution in [2.75, 3.05) is 45.4 Å². The molecular weight excluding hydrogens is 1030 g/mol. The molecule has 75 heavy (non-hydrogen) atoms. The van der Waals surface area contributed by atoms with E-state index in [1.807, 2.05) is 80.8 Å². The summed E-state index contributed by atoms with van der Waals surface area (Å²) < 4.78 is 14.2. The Hall–Kier alpha value is -4.61. The number of aryl methyl sites for hydroxylation is 1. The molecule has 0 bridgehead atoms. The third kappa shape index (κ3) is 14.5. The van der Waals surface area contributed by atoms with E-state index in [0.717, 1.165) is 22.6 Å². The van der Waals surface area contributed by atoms with Crippen LogP contribution in [-0.2, 0) is 41.8 Å². The minimum Gasteiger partial charge on any atom is -0.379 e. The van der Waals surface area contributed by atoms with Crippen LogP contribution in [0.4, 0.5) is 0 Å². The Bertz CT molecular complexity index is 2500. The standard InChI is InChI=1S/C54H75N11O6S4/c1-9-39(56-8)50(73)57-29-37-21-25-74-43-27-53(3,4)45(64(43)51(37)68)47(66)58-41(35-17-12-10-13-18-35)32-70-24-16-23-63-30-38(61-62-63)31-71-33-42(36-19-14-11-15-20-36)59-48(67)46-54(5,6)28-44-65(46)52(69)40(22-26-75-44)60-49(72)34(2)55-7/h9-15,17-20,29-30,34,37,39-46,55-56H,1,16,21-28,31-33H2,2-8H3,(H,58,66)(H,59,67)(H,60,72)/b57-29+/t34-,37+,39-,40-,41+,42+,43-,44-,45+,46+/m0/s1. The molecule has 0 spiro atoms. The van der Waals surface area contributed by atoms with Crippen LogP contribution in [0.15, 0.2) is 84.5 Å². The summed E-state index contributed by atoms with van der Waals surface area (Å²) in [6.45, 7) is 15.5. The van der Waals surface area contributed by atoms with Crippen molar-refractivity contribution >= 4 is 87.8 Å². The van der Waals surface area contributed by atoms with Gasteiger partial charge in [-0.3, -0.25) is 28.9 Å². The van der Waals surface area contributed by atoms with Gasteiger partial charge in [-0.2, -0.15) is 0 Å². The minimum atomic E-state index is -0.696. The third-order valence-corrected chi connectivity index (χ3v) is 17.9. The van der Waals surface area contributed by atoms with Gasteiger partial charge in [-0.25, -0.2) is 0 Å². The minimum absolute atomic E-state index is 0.0972. The monoisotopic (exact) mass is 1100 g/mol. The van der Waals surface area contributed by atoms with Gasteiger partial charge in [-0.05, 0) is 86.6 Å². The Labute approximate surface area is 461 Å². The van der Waals surface area contributed by atoms with Gasteiger partial charge in [0.15, 0.2) is 0 Å². The highest BCUT2D eigenvalue weighted by Crippen LogP contribution is 2.48. The van der Waals surface area contributed by atoms with E-state index < -0.39 is 47.0 Å². The molecule has 5 N–H and O–H groups in total. The number of aliphatic imine (C=N–C) groups is 1. The Morgan fingerprint density at radius 1 is 0.840 bits per heavy atom. The summed E-state index contributed by atoms with van der Waals surface area (Å²) in [6.07, 6.45) is 8.39. The molecule has 4 fully saturated rings. The maximum atomic E-state index is 14.5. The molecule has 0 radical (unpaired) electrons. The van der Waals surface area contributed by atoms with E-state index >= 15 is 0 Å². The maximum absolute atomic E-state index is 14.5. The number of aromatic nitrogens is 3. The van der Waals surface area contributed by atoms with E-state index in [2.05, 4.69) is 76.2 Å². The van der Waals surface area contributed by atoms with Crippen molar-refractivity contribution in [1.82, 2.24) is 51.4 Å². The molecule has 7 rings (SSSR count). The van der Waals surface area contributed by atoms with E-state index in [0.29, 0.717) is 60.9 Å². The predicted molar refractivity (Wildman–Crippen MR) is 305 cm³/mol. The van der Waals surface area contributed by atoms with Crippen LogP contribution in [0.1, 0.15) is 95.6 Å². The molecule has 4 amide bonds. The average molecular weight is 1100 g/mol. The molecule has 4 aliphatic heterocycles. The van der Waals surface area contributed by atoms with Crippen molar-refractivity contribution in [2.24, 2.45) is 21.7 Å². The summed E-state index contributed by atoms with van der Waals surface area (Å²) in [5, 5.41) is 24.5. The highest BCUT2D eigenvalue weighted by molar-refractivity contribution is 8.00. The number of nitrogens with one attached hydrogen (secondary N) is 5. The molecule has 406 valence electrons. The third-order valence-electron chi connectivity index (χ3n) is 14.6. The number of ether oxygens (including phenoxy) is 2. The fourth-order valence-corrected chi connectivity index (χ4v) is 14.1. The number of hydrogen-bond donors (Lipinski definition) is 5. The second kappa shape index (κ2) is 26.6. The summed E-state index contributed by atoms with van der Waals surface area (Å²) in [5.74, 6) is 0.355. The molecular formula is C54H75N11O6S4. The van der Waals surface area contributed by atoms with Gasteiger partial charge in [0.05, 0.1) is 71.8 Å². The van der Waals surface area contributed by atoms with E-state index in [4.69, 9.17) is 33.9 Å². The zero-order chi connectivity index (χ0) is 53.9. The number of fused-ring (bicyclic) bond motifs is 2. The topological polar surface area (TPSA) is 196 Å². The first-order valence-corrected chi connectivity index (χ1v) is 28.9. The van der Waals surface area contributed by atoms with Crippen LogP contribution in [0.2, 0.25) is 0 Å². The number of nitrogens with zero attached hydrogens (tertiary/aromatic N) is 6. The normalized spacial score (nSPS) is 24.8. The lowest BCUT2D eigenvalue weighted by atomic mass is 9.83. The highest BCUT2D eigenvalue weighted by atomic mass is 32.2. The van der Waals surface area contributed by atoms with E-state index in [9.17, 15) is 19.2 Å². The van der Waals surface area contributed by atoms with Crippen LogP contribution in [0.25, 0.3) is 0 Å². The molecule has 0 aliphatic carbocycles. The lowest BCUT2D eigenvalue weighted by Gasteiger charge is -2.35. The second-order valence-electron chi connectivity index (χ2n) is 21.1. The molecule has 0 unspecified atom stereocenters. The van der Waals surface area contributed by atoms with Crippen LogP contribution >= 0.6 is 48.0 Å². The van der Waals surface area contributed by atoms with E-state index in [1.165, 1.54) is 0 Å². The van der Waals surface area contributed by atoms with Gasteiger partial charge in [0.2, 0.25) is 23.6 Å². The van der Waals surface area contributed by atoms with Crippen LogP contribution < -0.4 is 26.6 Å². The van der Waals surface area contributed by atoms with Crippen molar-refractivity contribution in [3.8, 4) is 0 Å². The van der Waals surface area contributed by atoms with Gasteiger partial charge in [0.25, 0.3) is 0 Å². The van der Waals surface area contributed by atoms with Crippen molar-refractivity contribution < 1.29 is 28.7 Å². The Morgan fingerprint density at radius 3 is 1.96 bits per heavy atom. The number of benzene rings is 2. The smallest absolute Gasteiger partial charge is 0.246 e. The van der Waals surface area contributed by atoms with Gasteiger partial charge < -0.3 is 45.9 Å². The number of likely N-dealkylation sites (N-methyl/N-ethyl adjacent to an activating group) is 2. The van der Waals surface area contributed by atoms with Crippen molar-refractivity contribution in [3.63, 3.8) is 0 Å². The SMILES string of the molecule is C=C[C@H](NC)C(=S)/N=C/[C@H]1CCS[C@H]2CC(C)(C)[C@@H](C(=O)N[C@H](COCCCn3cc(COC[C@@H](NC(=O)[C@H]4N5C(=O)[C@@H](NC(=S)[C@H](C)NC)CCS[C@H]5CC4(C)C)c4ccccc4)nn3)c3ccccc3)N2C1=O. The summed E-state index contributed by atoms with van der Waals surface area (Å²) in [7, 11) is 3.61.